The summed E-state index contributed by atoms with van der Waals surface area (Å²) in [5, 5.41) is 0. The molecule has 0 aliphatic heterocycles. The summed E-state index contributed by atoms with van der Waals surface area (Å²) in [6, 6.07) is 12.7. The summed E-state index contributed by atoms with van der Waals surface area (Å²) >= 11 is 0. The first-order chi connectivity index (χ1) is 10.8. The number of rotatable bonds is 4. The summed E-state index contributed by atoms with van der Waals surface area (Å²) < 4.78 is 40.1. The van der Waals surface area contributed by atoms with Crippen LogP contribution in [0.15, 0.2) is 48.5 Å². The van der Waals surface area contributed by atoms with Gasteiger partial charge in [-0.2, -0.15) is 0 Å². The Morgan fingerprint density at radius 1 is 1.09 bits per heavy atom. The summed E-state index contributed by atoms with van der Waals surface area (Å²) in [4.78, 5) is 13.9. The minimum absolute atomic E-state index is 0.140. The van der Waals surface area contributed by atoms with E-state index in [1.165, 1.54) is 29.2 Å². The van der Waals surface area contributed by atoms with Crippen molar-refractivity contribution in [2.24, 2.45) is 0 Å². The standard InChI is InChI=1S/C17H16F3NO2/c1-12-5-3-4-6-15(12)16(22)21(2)11-13-7-9-14(10-8-13)23-17(18,19)20/h3-10H,11H2,1-2H3. The highest BCUT2D eigenvalue weighted by atomic mass is 19.4. The van der Waals surface area contributed by atoms with E-state index in [9.17, 15) is 18.0 Å². The van der Waals surface area contributed by atoms with Gasteiger partial charge in [-0.25, -0.2) is 0 Å². The molecule has 0 saturated heterocycles. The third kappa shape index (κ3) is 4.74. The SMILES string of the molecule is Cc1ccccc1C(=O)N(C)Cc1ccc(OC(F)(F)F)cc1. The van der Waals surface area contributed by atoms with Gasteiger partial charge in [0.05, 0.1) is 0 Å². The number of halogens is 3. The van der Waals surface area contributed by atoms with Crippen molar-refractivity contribution < 1.29 is 22.7 Å². The van der Waals surface area contributed by atoms with Gasteiger partial charge >= 0.3 is 6.36 Å². The van der Waals surface area contributed by atoms with Crippen LogP contribution in [0.4, 0.5) is 13.2 Å². The summed E-state index contributed by atoms with van der Waals surface area (Å²) in [7, 11) is 1.65. The monoisotopic (exact) mass is 323 g/mol. The Hall–Kier alpha value is -2.50. The summed E-state index contributed by atoms with van der Waals surface area (Å²) in [6.45, 7) is 2.14. The molecule has 0 bridgehead atoms. The number of nitrogens with zero attached hydrogens (tertiary/aromatic N) is 1. The number of alkyl halides is 3. The second-order valence-electron chi connectivity index (χ2n) is 5.17. The lowest BCUT2D eigenvalue weighted by atomic mass is 10.1. The molecule has 3 nitrogen and oxygen atoms in total. The van der Waals surface area contributed by atoms with Crippen LogP contribution in [-0.4, -0.2) is 24.2 Å². The first-order valence-electron chi connectivity index (χ1n) is 6.92. The largest absolute Gasteiger partial charge is 0.573 e. The smallest absolute Gasteiger partial charge is 0.406 e. The van der Waals surface area contributed by atoms with E-state index in [4.69, 9.17) is 0 Å². The number of amides is 1. The van der Waals surface area contributed by atoms with Crippen LogP contribution in [0.5, 0.6) is 5.75 Å². The molecule has 0 spiro atoms. The molecule has 0 atom stereocenters. The number of aryl methyl sites for hydroxylation is 1. The molecule has 2 aromatic rings. The highest BCUT2D eigenvalue weighted by Gasteiger charge is 2.30. The van der Waals surface area contributed by atoms with E-state index in [-0.39, 0.29) is 11.7 Å². The van der Waals surface area contributed by atoms with E-state index in [1.54, 1.807) is 19.2 Å². The Labute approximate surface area is 132 Å². The van der Waals surface area contributed by atoms with Crippen LogP contribution in [0.3, 0.4) is 0 Å². The van der Waals surface area contributed by atoms with Crippen LogP contribution in [-0.2, 0) is 6.54 Å². The highest BCUT2D eigenvalue weighted by Crippen LogP contribution is 2.23. The second kappa shape index (κ2) is 6.73. The van der Waals surface area contributed by atoms with Crippen molar-refractivity contribution in [2.45, 2.75) is 19.8 Å². The Bertz CT molecular complexity index is 681. The van der Waals surface area contributed by atoms with E-state index in [0.29, 0.717) is 17.7 Å². The predicted molar refractivity (Wildman–Crippen MR) is 80.1 cm³/mol. The number of benzene rings is 2. The van der Waals surface area contributed by atoms with Crippen molar-refractivity contribution in [2.75, 3.05) is 7.05 Å². The zero-order chi connectivity index (χ0) is 17.0. The maximum Gasteiger partial charge on any atom is 0.573 e. The van der Waals surface area contributed by atoms with Crippen molar-refractivity contribution in [3.8, 4) is 5.75 Å². The lowest BCUT2D eigenvalue weighted by molar-refractivity contribution is -0.274. The van der Waals surface area contributed by atoms with Crippen molar-refractivity contribution in [1.82, 2.24) is 4.90 Å². The fourth-order valence-corrected chi connectivity index (χ4v) is 2.16. The third-order valence-electron chi connectivity index (χ3n) is 3.30. The van der Waals surface area contributed by atoms with Gasteiger partial charge in [0.2, 0.25) is 0 Å². The zero-order valence-corrected chi connectivity index (χ0v) is 12.7. The molecule has 1 amide bonds. The summed E-state index contributed by atoms with van der Waals surface area (Å²) in [6.07, 6.45) is -4.71. The van der Waals surface area contributed by atoms with Crippen molar-refractivity contribution in [1.29, 1.82) is 0 Å². The van der Waals surface area contributed by atoms with Crippen LogP contribution in [0, 0.1) is 6.92 Å². The maximum absolute atomic E-state index is 12.4. The topological polar surface area (TPSA) is 29.5 Å². The van der Waals surface area contributed by atoms with Gasteiger partial charge in [-0.3, -0.25) is 4.79 Å². The molecule has 2 aromatic carbocycles. The Balaban J connectivity index is 2.04. The molecule has 6 heteroatoms. The molecule has 0 radical (unpaired) electrons. The Kier molecular flexibility index (Phi) is 4.93. The fraction of sp³-hybridized carbons (Fsp3) is 0.235. The third-order valence-corrected chi connectivity index (χ3v) is 3.30. The van der Waals surface area contributed by atoms with Crippen LogP contribution >= 0.6 is 0 Å². The van der Waals surface area contributed by atoms with E-state index in [2.05, 4.69) is 4.74 Å². The number of carbonyl (C=O) groups is 1. The van der Waals surface area contributed by atoms with Gasteiger partial charge in [0, 0.05) is 19.2 Å². The summed E-state index contributed by atoms with van der Waals surface area (Å²) in [5.74, 6) is -0.423. The molecule has 0 heterocycles. The summed E-state index contributed by atoms with van der Waals surface area (Å²) in [5.41, 5.74) is 2.19. The van der Waals surface area contributed by atoms with E-state index >= 15 is 0 Å². The van der Waals surface area contributed by atoms with Gasteiger partial charge < -0.3 is 9.64 Å². The molecule has 23 heavy (non-hydrogen) atoms. The quantitative estimate of drug-likeness (QED) is 0.845. The minimum Gasteiger partial charge on any atom is -0.406 e. The second-order valence-corrected chi connectivity index (χ2v) is 5.17. The number of hydrogen-bond acceptors (Lipinski definition) is 2. The molecule has 0 N–H and O–H groups in total. The van der Waals surface area contributed by atoms with Gasteiger partial charge in [-0.15, -0.1) is 13.2 Å². The molecule has 0 saturated carbocycles. The molecular formula is C17H16F3NO2. The number of carbonyl (C=O) groups excluding carboxylic acids is 1. The van der Waals surface area contributed by atoms with Crippen LogP contribution in [0.2, 0.25) is 0 Å². The zero-order valence-electron chi connectivity index (χ0n) is 12.7. The highest BCUT2D eigenvalue weighted by molar-refractivity contribution is 5.95. The Morgan fingerprint density at radius 3 is 2.26 bits per heavy atom. The van der Waals surface area contributed by atoms with Gasteiger partial charge in [0.15, 0.2) is 0 Å². The average Bonchev–Trinajstić information content (AvgIpc) is 2.47. The number of hydrogen-bond donors (Lipinski definition) is 0. The van der Waals surface area contributed by atoms with Crippen LogP contribution < -0.4 is 4.74 Å². The van der Waals surface area contributed by atoms with E-state index in [0.717, 1.165) is 5.56 Å². The van der Waals surface area contributed by atoms with Crippen LogP contribution in [0.25, 0.3) is 0 Å². The lowest BCUT2D eigenvalue weighted by Crippen LogP contribution is -2.26. The molecule has 2 rings (SSSR count). The van der Waals surface area contributed by atoms with Crippen molar-refractivity contribution >= 4 is 5.91 Å². The van der Waals surface area contributed by atoms with Gasteiger partial charge in [0.25, 0.3) is 5.91 Å². The molecule has 0 aromatic heterocycles. The van der Waals surface area contributed by atoms with Crippen molar-refractivity contribution in [3.05, 3.63) is 65.2 Å². The first-order valence-corrected chi connectivity index (χ1v) is 6.92. The molecule has 0 unspecified atom stereocenters. The van der Waals surface area contributed by atoms with Gasteiger partial charge in [0.1, 0.15) is 5.75 Å². The van der Waals surface area contributed by atoms with Crippen molar-refractivity contribution in [3.63, 3.8) is 0 Å². The average molecular weight is 323 g/mol. The van der Waals surface area contributed by atoms with Crippen LogP contribution in [0.1, 0.15) is 21.5 Å². The molecule has 0 fully saturated rings. The minimum atomic E-state index is -4.71. The predicted octanol–water partition coefficient (Wildman–Crippen LogP) is 4.17. The first kappa shape index (κ1) is 16.9. The molecule has 122 valence electrons. The van der Waals surface area contributed by atoms with Gasteiger partial charge in [-0.05, 0) is 36.2 Å². The lowest BCUT2D eigenvalue weighted by Gasteiger charge is -2.18. The molecule has 0 aliphatic carbocycles. The van der Waals surface area contributed by atoms with Gasteiger partial charge in [-0.1, -0.05) is 30.3 Å². The Morgan fingerprint density at radius 2 is 1.70 bits per heavy atom. The fourth-order valence-electron chi connectivity index (χ4n) is 2.16. The maximum atomic E-state index is 12.4. The number of ether oxygens (including phenoxy) is 1. The molecular weight excluding hydrogens is 307 g/mol. The van der Waals surface area contributed by atoms with E-state index < -0.39 is 6.36 Å². The van der Waals surface area contributed by atoms with E-state index in [1.807, 2.05) is 19.1 Å². The molecule has 0 aliphatic rings. The normalized spacial score (nSPS) is 11.2.